The van der Waals surface area contributed by atoms with Crippen molar-refractivity contribution >= 4 is 21.8 Å². The van der Waals surface area contributed by atoms with Crippen molar-refractivity contribution in [1.82, 2.24) is 9.14 Å². The van der Waals surface area contributed by atoms with Gasteiger partial charge in [-0.3, -0.25) is 0 Å². The summed E-state index contributed by atoms with van der Waals surface area (Å²) in [6, 6.07) is 25.5. The number of nitrogens with zero attached hydrogens (tertiary/aromatic N) is 1. The maximum atomic E-state index is 13.5. The normalized spacial score (nSPS) is 15.4. The second-order valence-corrected chi connectivity index (χ2v) is 11.7. The molecule has 0 aromatic heterocycles. The lowest BCUT2D eigenvalue weighted by Gasteiger charge is -2.34. The monoisotopic (exact) mass is 534 g/mol. The number of hydrogen-bond acceptors (Lipinski definition) is 3. The molecule has 4 rings (SSSR count). The molecular formula is C31H35ClN2O2S. The van der Waals surface area contributed by atoms with Crippen molar-refractivity contribution in [3.05, 3.63) is 125 Å². The minimum atomic E-state index is -3.80. The Morgan fingerprint density at radius 1 is 0.865 bits per heavy atom. The number of sulfonamides is 1. The summed E-state index contributed by atoms with van der Waals surface area (Å²) in [6.45, 7) is 2.58. The molecule has 0 amide bonds. The zero-order valence-electron chi connectivity index (χ0n) is 21.3. The number of aryl methyl sites for hydroxylation is 1. The van der Waals surface area contributed by atoms with Crippen LogP contribution in [-0.2, 0) is 10.0 Å². The molecule has 1 N–H and O–H groups in total. The average Bonchev–Trinajstić information content (AvgIpc) is 2.92. The summed E-state index contributed by atoms with van der Waals surface area (Å²) in [5.74, 6) is 0. The van der Waals surface area contributed by atoms with E-state index in [1.165, 1.54) is 5.57 Å². The Balaban J connectivity index is 1.60. The summed E-state index contributed by atoms with van der Waals surface area (Å²) in [4.78, 5) is 0.238. The minimum Gasteiger partial charge on any atom is -0.211 e. The van der Waals surface area contributed by atoms with E-state index in [0.29, 0.717) is 6.54 Å². The van der Waals surface area contributed by atoms with Crippen molar-refractivity contribution in [2.45, 2.75) is 56.0 Å². The van der Waals surface area contributed by atoms with E-state index in [0.717, 1.165) is 48.8 Å². The first-order chi connectivity index (χ1) is 17.9. The van der Waals surface area contributed by atoms with Gasteiger partial charge in [0, 0.05) is 6.54 Å². The van der Waals surface area contributed by atoms with Crippen LogP contribution in [-0.4, -0.2) is 19.4 Å². The van der Waals surface area contributed by atoms with Crippen molar-refractivity contribution in [2.24, 2.45) is 0 Å². The van der Waals surface area contributed by atoms with Crippen LogP contribution >= 0.6 is 11.8 Å². The van der Waals surface area contributed by atoms with Gasteiger partial charge >= 0.3 is 0 Å². The smallest absolute Gasteiger partial charge is 0.211 e. The van der Waals surface area contributed by atoms with E-state index in [-0.39, 0.29) is 4.90 Å². The molecule has 1 aliphatic carbocycles. The minimum absolute atomic E-state index is 0.238. The molecule has 0 aliphatic heterocycles. The number of hydrogen-bond donors (Lipinski definition) is 1. The molecule has 0 spiro atoms. The Morgan fingerprint density at radius 3 is 2.14 bits per heavy atom. The zero-order valence-corrected chi connectivity index (χ0v) is 22.8. The summed E-state index contributed by atoms with van der Waals surface area (Å²) < 4.78 is 31.8. The Bertz CT molecular complexity index is 1290. The predicted octanol–water partition coefficient (Wildman–Crippen LogP) is 7.66. The molecule has 2 atom stereocenters. The summed E-state index contributed by atoms with van der Waals surface area (Å²) in [5.41, 5.74) is 4.30. The van der Waals surface area contributed by atoms with Gasteiger partial charge in [-0.05, 0) is 74.1 Å². The van der Waals surface area contributed by atoms with Crippen LogP contribution in [0, 0.1) is 6.92 Å². The van der Waals surface area contributed by atoms with Crippen molar-refractivity contribution in [1.29, 1.82) is 0 Å². The standard InChI is InChI=1S/C31H35ClN2O2S/c1-25-20-22-29(23-21-25)37(35,36)33-30(27-16-7-3-8-17-27)31(28-18-9-4-10-19-28)34(32)24-12-11-15-26-13-5-2-6-14-26/h2-5,7-10,14,16-23,30-31,33H,6,11-13,15,24H2,1H3. The highest BCUT2D eigenvalue weighted by Gasteiger charge is 2.33. The number of halogens is 1. The van der Waals surface area contributed by atoms with Gasteiger partial charge in [0.25, 0.3) is 0 Å². The van der Waals surface area contributed by atoms with Crippen LogP contribution < -0.4 is 4.72 Å². The fraction of sp³-hybridized carbons (Fsp3) is 0.290. The van der Waals surface area contributed by atoms with Gasteiger partial charge in [-0.1, -0.05) is 102 Å². The Morgan fingerprint density at radius 2 is 1.51 bits per heavy atom. The van der Waals surface area contributed by atoms with E-state index in [4.69, 9.17) is 11.8 Å². The van der Waals surface area contributed by atoms with Gasteiger partial charge < -0.3 is 0 Å². The molecule has 0 bridgehead atoms. The third kappa shape index (κ3) is 7.65. The van der Waals surface area contributed by atoms with E-state index < -0.39 is 22.1 Å². The van der Waals surface area contributed by atoms with E-state index >= 15 is 0 Å². The number of benzene rings is 3. The molecular weight excluding hydrogens is 500 g/mol. The van der Waals surface area contributed by atoms with Crippen molar-refractivity contribution < 1.29 is 8.42 Å². The Labute approximate surface area is 226 Å². The number of nitrogens with one attached hydrogen (secondary N) is 1. The summed E-state index contributed by atoms with van der Waals surface area (Å²) >= 11 is 7.02. The third-order valence-electron chi connectivity index (χ3n) is 6.74. The fourth-order valence-corrected chi connectivity index (χ4v) is 6.28. The number of allylic oxidation sites excluding steroid dienone is 4. The molecule has 2 unspecified atom stereocenters. The Hall–Kier alpha value is -2.70. The SMILES string of the molecule is Cc1ccc(S(=O)(=O)NC(c2ccccc2)C(c2ccccc2)N(Cl)CCCCC2=CCC=CC2)cc1. The van der Waals surface area contributed by atoms with Crippen LogP contribution in [0.25, 0.3) is 0 Å². The molecule has 0 saturated heterocycles. The van der Waals surface area contributed by atoms with Crippen LogP contribution in [0.3, 0.4) is 0 Å². The number of rotatable bonds is 12. The van der Waals surface area contributed by atoms with Crippen LogP contribution in [0.2, 0.25) is 0 Å². The molecule has 3 aromatic carbocycles. The average molecular weight is 535 g/mol. The van der Waals surface area contributed by atoms with Crippen molar-refractivity contribution in [3.8, 4) is 0 Å². The maximum Gasteiger partial charge on any atom is 0.241 e. The topological polar surface area (TPSA) is 49.4 Å². The van der Waals surface area contributed by atoms with Gasteiger partial charge in [0.05, 0.1) is 17.0 Å². The van der Waals surface area contributed by atoms with E-state index in [9.17, 15) is 8.42 Å². The summed E-state index contributed by atoms with van der Waals surface area (Å²) in [7, 11) is -3.80. The number of unbranched alkanes of at least 4 members (excludes halogenated alkanes) is 1. The van der Waals surface area contributed by atoms with Gasteiger partial charge in [0.1, 0.15) is 0 Å². The lowest BCUT2D eigenvalue weighted by molar-refractivity contribution is 0.282. The molecule has 3 aromatic rings. The molecule has 1 aliphatic rings. The van der Waals surface area contributed by atoms with Gasteiger partial charge in [-0.15, -0.1) is 0 Å². The lowest BCUT2D eigenvalue weighted by Crippen LogP contribution is -2.38. The maximum absolute atomic E-state index is 13.5. The first-order valence-corrected chi connectivity index (χ1v) is 14.7. The van der Waals surface area contributed by atoms with E-state index in [1.807, 2.05) is 79.7 Å². The molecule has 0 saturated carbocycles. The molecule has 37 heavy (non-hydrogen) atoms. The second kappa shape index (κ2) is 13.2. The van der Waals surface area contributed by atoms with Crippen LogP contribution in [0.4, 0.5) is 0 Å². The highest BCUT2D eigenvalue weighted by molar-refractivity contribution is 7.89. The molecule has 4 nitrogen and oxygen atoms in total. The quantitative estimate of drug-likeness (QED) is 0.147. The second-order valence-electron chi connectivity index (χ2n) is 9.53. The largest absolute Gasteiger partial charge is 0.241 e. The highest BCUT2D eigenvalue weighted by atomic mass is 35.5. The van der Waals surface area contributed by atoms with E-state index in [1.54, 1.807) is 16.6 Å². The van der Waals surface area contributed by atoms with Gasteiger partial charge in [0.15, 0.2) is 0 Å². The summed E-state index contributed by atoms with van der Waals surface area (Å²) in [5, 5.41) is 0. The van der Waals surface area contributed by atoms with Gasteiger partial charge in [-0.2, -0.15) is 0 Å². The lowest BCUT2D eigenvalue weighted by atomic mass is 9.93. The summed E-state index contributed by atoms with van der Waals surface area (Å²) in [6.07, 6.45) is 11.8. The molecule has 0 heterocycles. The molecule has 0 radical (unpaired) electrons. The van der Waals surface area contributed by atoms with Crippen LogP contribution in [0.15, 0.2) is 114 Å². The zero-order chi connectivity index (χ0) is 26.1. The van der Waals surface area contributed by atoms with Crippen molar-refractivity contribution in [3.63, 3.8) is 0 Å². The van der Waals surface area contributed by atoms with Crippen LogP contribution in [0.5, 0.6) is 0 Å². The molecule has 6 heteroatoms. The van der Waals surface area contributed by atoms with Crippen molar-refractivity contribution in [2.75, 3.05) is 6.54 Å². The predicted molar refractivity (Wildman–Crippen MR) is 153 cm³/mol. The highest BCUT2D eigenvalue weighted by Crippen LogP contribution is 2.37. The first kappa shape index (κ1) is 27.3. The third-order valence-corrected chi connectivity index (χ3v) is 8.58. The molecule has 194 valence electrons. The van der Waals surface area contributed by atoms with Crippen LogP contribution in [0.1, 0.15) is 60.9 Å². The Kier molecular flexibility index (Phi) is 9.75. The van der Waals surface area contributed by atoms with E-state index in [2.05, 4.69) is 23.0 Å². The molecule has 0 fully saturated rings. The van der Waals surface area contributed by atoms with Gasteiger partial charge in [0.2, 0.25) is 10.0 Å². The van der Waals surface area contributed by atoms with Gasteiger partial charge in [-0.25, -0.2) is 17.6 Å². The first-order valence-electron chi connectivity index (χ1n) is 12.9. The fourth-order valence-electron chi connectivity index (χ4n) is 4.70.